The molecule has 3 atom stereocenters. The second kappa shape index (κ2) is 8.23. The summed E-state index contributed by atoms with van der Waals surface area (Å²) in [5.41, 5.74) is 3.54. The molecule has 2 aromatic heterocycles. The topological polar surface area (TPSA) is 51.4 Å². The molecule has 174 valence electrons. The maximum Gasteiger partial charge on any atom is 0.186 e. The van der Waals surface area contributed by atoms with Crippen molar-refractivity contribution >= 4 is 49.9 Å². The van der Waals surface area contributed by atoms with Crippen molar-refractivity contribution in [2.75, 3.05) is 11.4 Å². The maximum atomic E-state index is 6.56. The Kier molecular flexibility index (Phi) is 5.13. The molecule has 0 spiro atoms. The van der Waals surface area contributed by atoms with Crippen molar-refractivity contribution in [2.45, 2.75) is 50.4 Å². The predicted molar refractivity (Wildman–Crippen MR) is 136 cm³/mol. The summed E-state index contributed by atoms with van der Waals surface area (Å²) in [7, 11) is 0. The van der Waals surface area contributed by atoms with E-state index in [1.54, 1.807) is 11.3 Å². The highest BCUT2D eigenvalue weighted by Crippen LogP contribution is 2.48. The SMILES string of the molecule is Clc1cccc(Cl)c1-c1noc(C2CC2)c1CO[C@@H]1C[C@@H]2C[C@H]1CN2c1nc2ccccc2s1. The summed E-state index contributed by atoms with van der Waals surface area (Å²) in [5.74, 6) is 1.87. The molecule has 0 N–H and O–H groups in total. The average molecular weight is 512 g/mol. The molecule has 1 saturated heterocycles. The van der Waals surface area contributed by atoms with Gasteiger partial charge >= 0.3 is 0 Å². The molecular weight excluding hydrogens is 489 g/mol. The highest BCUT2D eigenvalue weighted by molar-refractivity contribution is 7.22. The summed E-state index contributed by atoms with van der Waals surface area (Å²) in [6.45, 7) is 1.47. The molecule has 0 amide bonds. The Balaban J connectivity index is 1.10. The Morgan fingerprint density at radius 1 is 1.06 bits per heavy atom. The van der Waals surface area contributed by atoms with Crippen molar-refractivity contribution < 1.29 is 9.26 Å². The van der Waals surface area contributed by atoms with Gasteiger partial charge in [-0.05, 0) is 49.9 Å². The number of thiazole rings is 1. The fraction of sp³-hybridized carbons (Fsp3) is 0.385. The molecule has 3 fully saturated rings. The summed E-state index contributed by atoms with van der Waals surface area (Å²) in [6.07, 6.45) is 4.66. The van der Waals surface area contributed by atoms with E-state index in [9.17, 15) is 0 Å². The number of nitrogens with zero attached hydrogens (tertiary/aromatic N) is 3. The van der Waals surface area contributed by atoms with Crippen LogP contribution in [0.3, 0.4) is 0 Å². The number of aromatic nitrogens is 2. The van der Waals surface area contributed by atoms with Gasteiger partial charge in [0.1, 0.15) is 11.5 Å². The van der Waals surface area contributed by atoms with Gasteiger partial charge in [0, 0.05) is 35.5 Å². The Hall–Kier alpha value is -2.12. The number of rotatable bonds is 6. The zero-order chi connectivity index (χ0) is 22.8. The van der Waals surface area contributed by atoms with Crippen molar-refractivity contribution in [3.8, 4) is 11.3 Å². The fourth-order valence-corrected chi connectivity index (χ4v) is 7.19. The molecule has 3 heterocycles. The third kappa shape index (κ3) is 3.54. The van der Waals surface area contributed by atoms with E-state index in [1.807, 2.05) is 18.2 Å². The van der Waals surface area contributed by atoms with Gasteiger partial charge in [-0.15, -0.1) is 0 Å². The second-order valence-electron chi connectivity index (χ2n) is 9.60. The number of halogens is 2. The van der Waals surface area contributed by atoms with Crippen LogP contribution in [-0.2, 0) is 11.3 Å². The molecule has 34 heavy (non-hydrogen) atoms. The van der Waals surface area contributed by atoms with Gasteiger partial charge in [-0.2, -0.15) is 0 Å². The van der Waals surface area contributed by atoms with Crippen LogP contribution in [0, 0.1) is 5.92 Å². The van der Waals surface area contributed by atoms with Gasteiger partial charge in [-0.25, -0.2) is 4.98 Å². The standard InChI is InChI=1S/C26H23Cl2N3O2S/c27-18-4-3-5-19(28)23(18)24-17(25(33-30-24)14-8-9-14)13-32-21-11-16-10-15(21)12-31(16)26-29-20-6-1-2-7-22(20)34-26/h1-7,14-16,21H,8-13H2/t15-,16-,21+/m0/s1. The van der Waals surface area contributed by atoms with Crippen molar-refractivity contribution in [1.29, 1.82) is 0 Å². The van der Waals surface area contributed by atoms with Crippen LogP contribution in [0.4, 0.5) is 5.13 Å². The number of anilines is 1. The summed E-state index contributed by atoms with van der Waals surface area (Å²) < 4.78 is 13.6. The maximum absolute atomic E-state index is 6.56. The van der Waals surface area contributed by atoms with E-state index in [0.717, 1.165) is 65.5 Å². The normalized spacial score (nSPS) is 23.9. The molecule has 2 saturated carbocycles. The number of fused-ring (bicyclic) bond motifs is 3. The van der Waals surface area contributed by atoms with E-state index >= 15 is 0 Å². The van der Waals surface area contributed by atoms with E-state index in [2.05, 4.69) is 34.3 Å². The third-order valence-corrected chi connectivity index (χ3v) is 9.12. The first-order chi connectivity index (χ1) is 16.7. The third-order valence-electron chi connectivity index (χ3n) is 7.41. The highest BCUT2D eigenvalue weighted by atomic mass is 35.5. The first-order valence-corrected chi connectivity index (χ1v) is 13.4. The van der Waals surface area contributed by atoms with E-state index in [0.29, 0.717) is 34.5 Å². The Labute approximate surface area is 211 Å². The molecule has 2 aliphatic carbocycles. The van der Waals surface area contributed by atoms with Crippen molar-refractivity contribution in [3.63, 3.8) is 0 Å². The van der Waals surface area contributed by atoms with Crippen LogP contribution in [0.25, 0.3) is 21.5 Å². The predicted octanol–water partition coefficient (Wildman–Crippen LogP) is 7.32. The van der Waals surface area contributed by atoms with Gasteiger partial charge < -0.3 is 14.2 Å². The minimum Gasteiger partial charge on any atom is -0.373 e. The summed E-state index contributed by atoms with van der Waals surface area (Å²) >= 11 is 14.8. The lowest BCUT2D eigenvalue weighted by Crippen LogP contribution is -2.38. The minimum atomic E-state index is 0.229. The first-order valence-electron chi connectivity index (χ1n) is 11.8. The lowest BCUT2D eigenvalue weighted by molar-refractivity contribution is 0.0123. The van der Waals surface area contributed by atoms with Crippen molar-refractivity contribution in [1.82, 2.24) is 10.1 Å². The number of hydrogen-bond donors (Lipinski definition) is 0. The number of benzene rings is 2. The number of ether oxygens (including phenoxy) is 1. The Morgan fingerprint density at radius 3 is 2.62 bits per heavy atom. The number of para-hydroxylation sites is 1. The number of piperidine rings is 1. The molecule has 8 heteroatoms. The summed E-state index contributed by atoms with van der Waals surface area (Å²) in [5, 5.41) is 6.69. The average Bonchev–Trinajstić information content (AvgIpc) is 3.17. The van der Waals surface area contributed by atoms with Crippen LogP contribution >= 0.6 is 34.5 Å². The molecule has 2 bridgehead atoms. The van der Waals surface area contributed by atoms with Crippen LogP contribution in [0.1, 0.15) is 42.9 Å². The molecule has 5 nitrogen and oxygen atoms in total. The lowest BCUT2D eigenvalue weighted by Gasteiger charge is -2.31. The molecule has 0 unspecified atom stereocenters. The smallest absolute Gasteiger partial charge is 0.186 e. The van der Waals surface area contributed by atoms with Gasteiger partial charge in [0.2, 0.25) is 0 Å². The van der Waals surface area contributed by atoms with E-state index in [-0.39, 0.29) is 6.10 Å². The highest BCUT2D eigenvalue weighted by Gasteiger charge is 2.46. The molecule has 4 aromatic rings. The monoisotopic (exact) mass is 511 g/mol. The molecule has 0 radical (unpaired) electrons. The molecule has 2 aromatic carbocycles. The van der Waals surface area contributed by atoms with Gasteiger partial charge in [-0.1, -0.05) is 57.9 Å². The van der Waals surface area contributed by atoms with Crippen molar-refractivity contribution in [3.05, 3.63) is 63.8 Å². The molecular formula is C26H23Cl2N3O2S. The van der Waals surface area contributed by atoms with Gasteiger partial charge in [-0.3, -0.25) is 0 Å². The largest absolute Gasteiger partial charge is 0.373 e. The van der Waals surface area contributed by atoms with Crippen LogP contribution in [-0.4, -0.2) is 28.8 Å². The quantitative estimate of drug-likeness (QED) is 0.271. The summed E-state index contributed by atoms with van der Waals surface area (Å²) in [4.78, 5) is 7.37. The fourth-order valence-electron chi connectivity index (χ4n) is 5.57. The second-order valence-corrected chi connectivity index (χ2v) is 11.4. The Bertz CT molecular complexity index is 1330. The van der Waals surface area contributed by atoms with Crippen molar-refractivity contribution in [2.24, 2.45) is 5.92 Å². The number of hydrogen-bond acceptors (Lipinski definition) is 6. The van der Waals surface area contributed by atoms with E-state index in [1.165, 1.54) is 4.70 Å². The molecule has 7 rings (SSSR count). The zero-order valence-corrected chi connectivity index (χ0v) is 20.7. The summed E-state index contributed by atoms with van der Waals surface area (Å²) in [6, 6.07) is 14.4. The zero-order valence-electron chi connectivity index (χ0n) is 18.4. The van der Waals surface area contributed by atoms with Crippen LogP contribution in [0.2, 0.25) is 10.0 Å². The van der Waals surface area contributed by atoms with E-state index < -0.39 is 0 Å². The van der Waals surface area contributed by atoms with Gasteiger partial charge in [0.25, 0.3) is 0 Å². The molecule has 3 aliphatic rings. The van der Waals surface area contributed by atoms with Crippen LogP contribution < -0.4 is 4.90 Å². The molecule has 1 aliphatic heterocycles. The van der Waals surface area contributed by atoms with Gasteiger partial charge in [0.15, 0.2) is 5.13 Å². The van der Waals surface area contributed by atoms with Crippen LogP contribution in [0.15, 0.2) is 47.0 Å². The minimum absolute atomic E-state index is 0.229. The van der Waals surface area contributed by atoms with Crippen LogP contribution in [0.5, 0.6) is 0 Å². The van der Waals surface area contributed by atoms with Gasteiger partial charge in [0.05, 0.1) is 33.0 Å². The lowest BCUT2D eigenvalue weighted by atomic mass is 10.0. The first kappa shape index (κ1) is 21.2. The Morgan fingerprint density at radius 2 is 1.88 bits per heavy atom. The van der Waals surface area contributed by atoms with E-state index in [4.69, 9.17) is 37.4 Å².